The Hall–Kier alpha value is -2.52. The number of fused-ring (bicyclic) bond motifs is 1. The van der Waals surface area contributed by atoms with Gasteiger partial charge in [0.15, 0.2) is 0 Å². The molecule has 0 unspecified atom stereocenters. The van der Waals surface area contributed by atoms with Gasteiger partial charge in [-0.05, 0) is 37.1 Å². The number of carbonyl (C=O) groups is 2. The Kier molecular flexibility index (Phi) is 5.54. The number of nitrogens with zero attached hydrogens (tertiary/aromatic N) is 2. The van der Waals surface area contributed by atoms with Gasteiger partial charge in [0.1, 0.15) is 11.6 Å². The summed E-state index contributed by atoms with van der Waals surface area (Å²) < 4.78 is 12.3. The van der Waals surface area contributed by atoms with Gasteiger partial charge in [0.05, 0.1) is 24.6 Å². The lowest BCUT2D eigenvalue weighted by molar-refractivity contribution is -0.136. The van der Waals surface area contributed by atoms with Crippen molar-refractivity contribution in [3.05, 3.63) is 35.5 Å². The third kappa shape index (κ3) is 3.85. The number of anilines is 1. The topological polar surface area (TPSA) is 94.5 Å². The van der Waals surface area contributed by atoms with Crippen LogP contribution in [0.15, 0.2) is 24.3 Å². The van der Waals surface area contributed by atoms with Crippen LogP contribution in [0.3, 0.4) is 0 Å². The molecule has 2 aromatic rings. The molecule has 2 aliphatic rings. The summed E-state index contributed by atoms with van der Waals surface area (Å²) in [5.41, 5.74) is 2.67. The minimum absolute atomic E-state index is 0.0118. The zero-order chi connectivity index (χ0) is 19.5. The zero-order valence-electron chi connectivity index (χ0n) is 15.6. The zero-order valence-corrected chi connectivity index (χ0v) is 16.4. The fraction of sp³-hybridized carbons (Fsp3) is 0.421. The third-order valence-electron chi connectivity index (χ3n) is 4.82. The Morgan fingerprint density at radius 3 is 2.82 bits per heavy atom. The van der Waals surface area contributed by atoms with E-state index in [1.54, 1.807) is 23.6 Å². The second kappa shape index (κ2) is 8.24. The van der Waals surface area contributed by atoms with E-state index in [9.17, 15) is 9.59 Å². The number of carbonyl (C=O) groups excluding carboxylic acids is 2. The molecule has 0 aliphatic carbocycles. The van der Waals surface area contributed by atoms with Gasteiger partial charge < -0.3 is 20.1 Å². The van der Waals surface area contributed by atoms with Crippen molar-refractivity contribution in [1.29, 1.82) is 0 Å². The summed E-state index contributed by atoms with van der Waals surface area (Å²) in [7, 11) is 1.61. The van der Waals surface area contributed by atoms with Crippen LogP contribution in [0, 0.1) is 0 Å². The van der Waals surface area contributed by atoms with Crippen molar-refractivity contribution in [2.24, 2.45) is 0 Å². The van der Waals surface area contributed by atoms with Crippen molar-refractivity contribution in [3.8, 4) is 11.4 Å². The van der Waals surface area contributed by atoms with Crippen LogP contribution in [0.2, 0.25) is 0 Å². The highest BCUT2D eigenvalue weighted by atomic mass is 32.2. The first kappa shape index (κ1) is 18.8. The summed E-state index contributed by atoms with van der Waals surface area (Å²) in [6, 6.07) is 7.39. The monoisotopic (exact) mass is 402 g/mol. The molecule has 0 bridgehead atoms. The maximum absolute atomic E-state index is 12.5. The lowest BCUT2D eigenvalue weighted by Crippen LogP contribution is -2.39. The molecule has 2 amide bonds. The van der Waals surface area contributed by atoms with E-state index in [4.69, 9.17) is 9.47 Å². The first-order valence-corrected chi connectivity index (χ1v) is 10.3. The van der Waals surface area contributed by atoms with Gasteiger partial charge in [0.2, 0.25) is 0 Å². The van der Waals surface area contributed by atoms with Crippen molar-refractivity contribution in [1.82, 2.24) is 15.1 Å². The normalized spacial score (nSPS) is 18.0. The van der Waals surface area contributed by atoms with E-state index in [2.05, 4.69) is 15.7 Å². The van der Waals surface area contributed by atoms with Gasteiger partial charge in [-0.2, -0.15) is 16.9 Å². The summed E-state index contributed by atoms with van der Waals surface area (Å²) in [4.78, 5) is 24.7. The number of nitrogens with one attached hydrogen (secondary N) is 2. The average Bonchev–Trinajstić information content (AvgIpc) is 3.45. The molecule has 28 heavy (non-hydrogen) atoms. The van der Waals surface area contributed by atoms with E-state index in [1.165, 1.54) is 0 Å². The minimum atomic E-state index is -0.702. The average molecular weight is 402 g/mol. The molecule has 148 valence electrons. The number of aromatic nitrogens is 2. The highest BCUT2D eigenvalue weighted by Crippen LogP contribution is 2.36. The SMILES string of the molecule is COc1ccc(-n2nc3c(c2NC(=O)C(=O)NC[C@H]2CCCO2)CSC3)cc1. The Labute approximate surface area is 167 Å². The van der Waals surface area contributed by atoms with Crippen LogP contribution in [0.5, 0.6) is 5.75 Å². The molecule has 2 N–H and O–H groups in total. The van der Waals surface area contributed by atoms with Crippen LogP contribution in [0.4, 0.5) is 5.82 Å². The van der Waals surface area contributed by atoms with Crippen LogP contribution in [-0.2, 0) is 25.8 Å². The van der Waals surface area contributed by atoms with Crippen LogP contribution in [0.25, 0.3) is 5.69 Å². The Bertz CT molecular complexity index is 875. The molecule has 2 aliphatic heterocycles. The first-order valence-electron chi connectivity index (χ1n) is 9.19. The Balaban J connectivity index is 1.51. The quantitative estimate of drug-likeness (QED) is 0.742. The Morgan fingerprint density at radius 1 is 1.29 bits per heavy atom. The third-order valence-corrected chi connectivity index (χ3v) is 5.79. The van der Waals surface area contributed by atoms with E-state index in [-0.39, 0.29) is 6.10 Å². The van der Waals surface area contributed by atoms with Crippen molar-refractivity contribution >= 4 is 29.4 Å². The number of benzene rings is 1. The van der Waals surface area contributed by atoms with Crippen LogP contribution in [0.1, 0.15) is 24.1 Å². The number of rotatable bonds is 5. The largest absolute Gasteiger partial charge is 0.497 e. The van der Waals surface area contributed by atoms with Crippen molar-refractivity contribution in [2.45, 2.75) is 30.5 Å². The van der Waals surface area contributed by atoms with Gasteiger partial charge in [-0.25, -0.2) is 4.68 Å². The lowest BCUT2D eigenvalue weighted by atomic mass is 10.2. The Morgan fingerprint density at radius 2 is 2.11 bits per heavy atom. The molecule has 1 saturated heterocycles. The summed E-state index contributed by atoms with van der Waals surface area (Å²) >= 11 is 1.73. The lowest BCUT2D eigenvalue weighted by Gasteiger charge is -2.13. The molecule has 1 fully saturated rings. The smallest absolute Gasteiger partial charge is 0.314 e. The van der Waals surface area contributed by atoms with Crippen LogP contribution >= 0.6 is 11.8 Å². The summed E-state index contributed by atoms with van der Waals surface area (Å²) in [6.45, 7) is 1.05. The molecule has 8 nitrogen and oxygen atoms in total. The number of amides is 2. The molecule has 1 atom stereocenters. The predicted molar refractivity (Wildman–Crippen MR) is 106 cm³/mol. The maximum atomic E-state index is 12.5. The van der Waals surface area contributed by atoms with Gasteiger partial charge in [-0.15, -0.1) is 0 Å². The maximum Gasteiger partial charge on any atom is 0.314 e. The summed E-state index contributed by atoms with van der Waals surface area (Å²) in [5.74, 6) is 1.44. The van der Waals surface area contributed by atoms with E-state index < -0.39 is 11.8 Å². The highest BCUT2D eigenvalue weighted by molar-refractivity contribution is 7.98. The number of thioether (sulfide) groups is 1. The van der Waals surface area contributed by atoms with E-state index in [0.29, 0.717) is 19.0 Å². The molecule has 0 saturated carbocycles. The fourth-order valence-corrected chi connectivity index (χ4v) is 4.34. The van der Waals surface area contributed by atoms with Gasteiger partial charge in [-0.1, -0.05) is 0 Å². The van der Waals surface area contributed by atoms with Crippen molar-refractivity contribution in [2.75, 3.05) is 25.6 Å². The first-order chi connectivity index (χ1) is 13.7. The van der Waals surface area contributed by atoms with Crippen molar-refractivity contribution in [3.63, 3.8) is 0 Å². The van der Waals surface area contributed by atoms with E-state index in [1.807, 2.05) is 24.3 Å². The predicted octanol–water partition coefficient (Wildman–Crippen LogP) is 1.86. The van der Waals surface area contributed by atoms with Gasteiger partial charge >= 0.3 is 11.8 Å². The highest BCUT2D eigenvalue weighted by Gasteiger charge is 2.27. The van der Waals surface area contributed by atoms with Crippen LogP contribution < -0.4 is 15.4 Å². The molecule has 9 heteroatoms. The van der Waals surface area contributed by atoms with Gasteiger partial charge in [-0.3, -0.25) is 9.59 Å². The van der Waals surface area contributed by atoms with Gasteiger partial charge in [0, 0.05) is 30.2 Å². The van der Waals surface area contributed by atoms with Gasteiger partial charge in [0.25, 0.3) is 0 Å². The second-order valence-corrected chi connectivity index (χ2v) is 7.66. The molecule has 3 heterocycles. The standard InChI is InChI=1S/C19H22N4O4S/c1-26-13-6-4-12(5-7-13)23-17(15-10-28-11-16(15)22-23)21-19(25)18(24)20-9-14-3-2-8-27-14/h4-7,14H,2-3,8-11H2,1H3,(H,20,24)(H,21,25)/t14-/m1/s1. The number of ether oxygens (including phenoxy) is 2. The molecule has 4 rings (SSSR count). The number of methoxy groups -OCH3 is 1. The summed E-state index contributed by atoms with van der Waals surface area (Å²) in [6.07, 6.45) is 1.87. The summed E-state index contributed by atoms with van der Waals surface area (Å²) in [5, 5.41) is 10.0. The van der Waals surface area contributed by atoms with E-state index >= 15 is 0 Å². The number of hydrogen-bond donors (Lipinski definition) is 2. The fourth-order valence-electron chi connectivity index (χ4n) is 3.31. The molecule has 0 spiro atoms. The minimum Gasteiger partial charge on any atom is -0.497 e. The molecular weight excluding hydrogens is 380 g/mol. The molecule has 1 aromatic heterocycles. The van der Waals surface area contributed by atoms with Crippen molar-refractivity contribution < 1.29 is 19.1 Å². The molecule has 0 radical (unpaired) electrons. The van der Waals surface area contributed by atoms with E-state index in [0.717, 1.165) is 47.0 Å². The molecule has 1 aromatic carbocycles. The molecular formula is C19H22N4O4S. The second-order valence-electron chi connectivity index (χ2n) is 6.68. The van der Waals surface area contributed by atoms with Crippen LogP contribution in [-0.4, -0.2) is 48.0 Å². The number of hydrogen-bond acceptors (Lipinski definition) is 6.